The lowest BCUT2D eigenvalue weighted by Gasteiger charge is -2.02. The lowest BCUT2D eigenvalue weighted by Crippen LogP contribution is -2.04. The van der Waals surface area contributed by atoms with Crippen LogP contribution in [0.2, 0.25) is 0 Å². The minimum atomic E-state index is -0.856. The summed E-state index contributed by atoms with van der Waals surface area (Å²) in [5.74, 6) is -0.436. The standard InChI is InChI=1S/C12H18N2O3S/c1-8-9(2)14(3)12(13-8)18-7-10(15)5-4-6-11(16)17/h4-7H2,1-3H3,(H,16,17). The second-order valence-corrected chi connectivity index (χ2v) is 5.14. The minimum Gasteiger partial charge on any atom is -0.481 e. The topological polar surface area (TPSA) is 72.2 Å². The number of hydrogen-bond donors (Lipinski definition) is 1. The quantitative estimate of drug-likeness (QED) is 0.767. The highest BCUT2D eigenvalue weighted by Gasteiger charge is 2.11. The van der Waals surface area contributed by atoms with Gasteiger partial charge in [-0.05, 0) is 20.3 Å². The third-order valence-electron chi connectivity index (χ3n) is 2.79. The molecule has 1 aromatic heterocycles. The number of aromatic nitrogens is 2. The van der Waals surface area contributed by atoms with Gasteiger partial charge in [-0.15, -0.1) is 0 Å². The zero-order chi connectivity index (χ0) is 13.7. The summed E-state index contributed by atoms with van der Waals surface area (Å²) >= 11 is 1.40. The first kappa shape index (κ1) is 14.8. The van der Waals surface area contributed by atoms with Crippen LogP contribution in [0.15, 0.2) is 5.16 Å². The number of aliphatic carboxylic acids is 1. The summed E-state index contributed by atoms with van der Waals surface area (Å²) in [4.78, 5) is 26.2. The van der Waals surface area contributed by atoms with Gasteiger partial charge in [-0.2, -0.15) is 0 Å². The SMILES string of the molecule is Cc1nc(SCC(=O)CCCC(=O)O)n(C)c1C. The van der Waals surface area contributed by atoms with Gasteiger partial charge in [-0.1, -0.05) is 11.8 Å². The number of thioether (sulfide) groups is 1. The van der Waals surface area contributed by atoms with Crippen LogP contribution in [-0.4, -0.2) is 32.2 Å². The number of carbonyl (C=O) groups excluding carboxylic acids is 1. The number of carbonyl (C=O) groups is 2. The zero-order valence-corrected chi connectivity index (χ0v) is 11.7. The van der Waals surface area contributed by atoms with E-state index in [1.165, 1.54) is 11.8 Å². The Kier molecular flexibility index (Phi) is 5.40. The first-order chi connectivity index (χ1) is 8.41. The number of ketones is 1. The number of carboxylic acid groups (broad SMARTS) is 1. The van der Waals surface area contributed by atoms with Gasteiger partial charge in [0.2, 0.25) is 0 Å². The maximum absolute atomic E-state index is 11.6. The van der Waals surface area contributed by atoms with E-state index in [1.807, 2.05) is 25.5 Å². The fourth-order valence-corrected chi connectivity index (χ4v) is 2.44. The van der Waals surface area contributed by atoms with E-state index in [-0.39, 0.29) is 12.2 Å². The molecule has 100 valence electrons. The molecular formula is C12H18N2O3S. The summed E-state index contributed by atoms with van der Waals surface area (Å²) in [6.07, 6.45) is 0.784. The van der Waals surface area contributed by atoms with Crippen LogP contribution in [0.1, 0.15) is 30.7 Å². The highest BCUT2D eigenvalue weighted by Crippen LogP contribution is 2.20. The molecule has 1 N–H and O–H groups in total. The van der Waals surface area contributed by atoms with Gasteiger partial charge in [0.25, 0.3) is 0 Å². The van der Waals surface area contributed by atoms with Crippen molar-refractivity contribution in [3.8, 4) is 0 Å². The fraction of sp³-hybridized carbons (Fsp3) is 0.583. The molecule has 0 radical (unpaired) electrons. The summed E-state index contributed by atoms with van der Waals surface area (Å²) < 4.78 is 1.96. The van der Waals surface area contributed by atoms with Crippen molar-refractivity contribution >= 4 is 23.5 Å². The van der Waals surface area contributed by atoms with Crippen molar-refractivity contribution in [3.63, 3.8) is 0 Å². The van der Waals surface area contributed by atoms with Gasteiger partial charge in [-0.3, -0.25) is 9.59 Å². The van der Waals surface area contributed by atoms with Gasteiger partial charge in [0.05, 0.1) is 11.4 Å². The average molecular weight is 270 g/mol. The number of imidazole rings is 1. The second-order valence-electron chi connectivity index (χ2n) is 4.20. The van der Waals surface area contributed by atoms with Crippen molar-refractivity contribution in [1.29, 1.82) is 0 Å². The highest BCUT2D eigenvalue weighted by atomic mass is 32.2. The van der Waals surface area contributed by atoms with Gasteiger partial charge in [0, 0.05) is 25.6 Å². The average Bonchev–Trinajstić information content (AvgIpc) is 2.54. The minimum absolute atomic E-state index is 0.0526. The predicted molar refractivity (Wildman–Crippen MR) is 69.9 cm³/mol. The lowest BCUT2D eigenvalue weighted by molar-refractivity contribution is -0.137. The van der Waals surface area contributed by atoms with Crippen LogP contribution in [-0.2, 0) is 16.6 Å². The van der Waals surface area contributed by atoms with Crippen LogP contribution < -0.4 is 0 Å². The normalized spacial score (nSPS) is 10.6. The van der Waals surface area contributed by atoms with Crippen LogP contribution in [0.5, 0.6) is 0 Å². The summed E-state index contributed by atoms with van der Waals surface area (Å²) in [5.41, 5.74) is 2.06. The van der Waals surface area contributed by atoms with Gasteiger partial charge in [-0.25, -0.2) is 4.98 Å². The van der Waals surface area contributed by atoms with Crippen molar-refractivity contribution in [2.75, 3.05) is 5.75 Å². The van der Waals surface area contributed by atoms with E-state index in [1.54, 1.807) is 0 Å². The molecule has 6 heteroatoms. The molecule has 0 fully saturated rings. The van der Waals surface area contributed by atoms with Crippen LogP contribution in [0.25, 0.3) is 0 Å². The van der Waals surface area contributed by atoms with Crippen molar-refractivity contribution in [3.05, 3.63) is 11.4 Å². The number of rotatable bonds is 7. The zero-order valence-electron chi connectivity index (χ0n) is 10.9. The molecule has 0 atom stereocenters. The van der Waals surface area contributed by atoms with Crippen molar-refractivity contribution in [2.24, 2.45) is 7.05 Å². The summed E-state index contributed by atoms with van der Waals surface area (Å²) in [7, 11) is 1.92. The molecule has 1 heterocycles. The monoisotopic (exact) mass is 270 g/mol. The van der Waals surface area contributed by atoms with Crippen molar-refractivity contribution in [1.82, 2.24) is 9.55 Å². The fourth-order valence-electron chi connectivity index (χ4n) is 1.47. The molecule has 5 nitrogen and oxygen atoms in total. The largest absolute Gasteiger partial charge is 0.481 e. The van der Waals surface area contributed by atoms with E-state index in [0.29, 0.717) is 18.6 Å². The maximum atomic E-state index is 11.6. The Balaban J connectivity index is 2.38. The first-order valence-electron chi connectivity index (χ1n) is 5.78. The van der Waals surface area contributed by atoms with Gasteiger partial charge in [0.15, 0.2) is 5.16 Å². The number of nitrogens with zero attached hydrogens (tertiary/aromatic N) is 2. The molecule has 0 unspecified atom stereocenters. The van der Waals surface area contributed by atoms with Gasteiger partial charge < -0.3 is 9.67 Å². The van der Waals surface area contributed by atoms with E-state index in [2.05, 4.69) is 4.98 Å². The molecule has 0 spiro atoms. The predicted octanol–water partition coefficient (Wildman–Crippen LogP) is 1.95. The molecule has 1 aromatic rings. The van der Waals surface area contributed by atoms with Crippen molar-refractivity contribution < 1.29 is 14.7 Å². The number of hydrogen-bond acceptors (Lipinski definition) is 4. The molecule has 0 saturated heterocycles. The second kappa shape index (κ2) is 6.58. The molecular weight excluding hydrogens is 252 g/mol. The van der Waals surface area contributed by atoms with E-state index in [4.69, 9.17) is 5.11 Å². The molecule has 0 aromatic carbocycles. The molecule has 0 bridgehead atoms. The molecule has 0 saturated carbocycles. The van der Waals surface area contributed by atoms with E-state index >= 15 is 0 Å². The lowest BCUT2D eigenvalue weighted by atomic mass is 10.2. The smallest absolute Gasteiger partial charge is 0.303 e. The Morgan fingerprint density at radius 1 is 1.33 bits per heavy atom. The first-order valence-corrected chi connectivity index (χ1v) is 6.76. The third kappa shape index (κ3) is 4.18. The maximum Gasteiger partial charge on any atom is 0.303 e. The van der Waals surface area contributed by atoms with Crippen molar-refractivity contribution in [2.45, 2.75) is 38.3 Å². The Hall–Kier alpha value is -1.30. The van der Waals surface area contributed by atoms with Crippen LogP contribution in [0.4, 0.5) is 0 Å². The highest BCUT2D eigenvalue weighted by molar-refractivity contribution is 7.99. The van der Waals surface area contributed by atoms with Crippen LogP contribution in [0.3, 0.4) is 0 Å². The van der Waals surface area contributed by atoms with Gasteiger partial charge in [0.1, 0.15) is 5.78 Å². The molecule has 0 aliphatic carbocycles. The molecule has 0 aliphatic rings. The summed E-state index contributed by atoms with van der Waals surface area (Å²) in [5, 5.41) is 9.30. The molecule has 0 aliphatic heterocycles. The number of aryl methyl sites for hydroxylation is 1. The molecule has 0 amide bonds. The van der Waals surface area contributed by atoms with Crippen LogP contribution in [0, 0.1) is 13.8 Å². The summed E-state index contributed by atoms with van der Waals surface area (Å²) in [6, 6.07) is 0. The number of carboxylic acids is 1. The summed E-state index contributed by atoms with van der Waals surface area (Å²) in [6.45, 7) is 3.93. The molecule has 18 heavy (non-hydrogen) atoms. The Morgan fingerprint density at radius 2 is 2.00 bits per heavy atom. The molecule has 1 rings (SSSR count). The third-order valence-corrected chi connectivity index (χ3v) is 3.88. The van der Waals surface area contributed by atoms with E-state index in [9.17, 15) is 9.59 Å². The Morgan fingerprint density at radius 3 is 2.50 bits per heavy atom. The number of Topliss-reactive ketones (excluding diaryl/α,β-unsaturated/α-hetero) is 1. The van der Waals surface area contributed by atoms with Gasteiger partial charge >= 0.3 is 5.97 Å². The van der Waals surface area contributed by atoms with E-state index in [0.717, 1.165) is 16.5 Å². The van der Waals surface area contributed by atoms with E-state index < -0.39 is 5.97 Å². The Labute approximate surface area is 111 Å². The Bertz CT molecular complexity index is 454. The van der Waals surface area contributed by atoms with Crippen LogP contribution >= 0.6 is 11.8 Å².